The lowest BCUT2D eigenvalue weighted by molar-refractivity contribution is -0.148. The number of piperidine rings is 1. The normalized spacial score (nSPS) is 38.4. The molecular formula is C10H17NO2. The van der Waals surface area contributed by atoms with Crippen molar-refractivity contribution in [3.8, 4) is 0 Å². The molecule has 2 rings (SSSR count). The lowest BCUT2D eigenvalue weighted by Crippen LogP contribution is -2.45. The van der Waals surface area contributed by atoms with Gasteiger partial charge in [0.25, 0.3) is 0 Å². The van der Waals surface area contributed by atoms with E-state index in [0.717, 1.165) is 19.0 Å². The summed E-state index contributed by atoms with van der Waals surface area (Å²) in [5, 5.41) is 3.32. The molecule has 0 radical (unpaired) electrons. The van der Waals surface area contributed by atoms with Crippen LogP contribution >= 0.6 is 0 Å². The van der Waals surface area contributed by atoms with Crippen molar-refractivity contribution in [1.82, 2.24) is 5.32 Å². The van der Waals surface area contributed by atoms with Crippen LogP contribution in [-0.2, 0) is 9.53 Å². The van der Waals surface area contributed by atoms with E-state index in [2.05, 4.69) is 5.32 Å². The Bertz CT molecular complexity index is 205. The van der Waals surface area contributed by atoms with Gasteiger partial charge in [-0.3, -0.25) is 4.79 Å². The van der Waals surface area contributed by atoms with E-state index in [1.807, 2.05) is 0 Å². The van der Waals surface area contributed by atoms with Crippen LogP contribution in [-0.4, -0.2) is 26.2 Å². The predicted molar refractivity (Wildman–Crippen MR) is 49.2 cm³/mol. The minimum atomic E-state index is -0.0240. The fourth-order valence-electron chi connectivity index (χ4n) is 2.83. The number of hydrogen-bond acceptors (Lipinski definition) is 3. The van der Waals surface area contributed by atoms with Gasteiger partial charge in [-0.05, 0) is 31.2 Å². The third-order valence-electron chi connectivity index (χ3n) is 3.51. The number of fused-ring (bicyclic) bond motifs is 1. The zero-order chi connectivity index (χ0) is 9.26. The standard InChI is InChI=1S/C10H17NO2/c1-13-10(12)9-6-11-5-7-3-2-4-8(7)9/h7-9,11H,2-6H2,1H3/t7-,8-,9+/m1/s1. The molecule has 0 aromatic heterocycles. The van der Waals surface area contributed by atoms with Crippen LogP contribution in [0.2, 0.25) is 0 Å². The van der Waals surface area contributed by atoms with E-state index in [4.69, 9.17) is 4.74 Å². The van der Waals surface area contributed by atoms with Crippen LogP contribution in [0.1, 0.15) is 19.3 Å². The van der Waals surface area contributed by atoms with Crippen LogP contribution in [0, 0.1) is 17.8 Å². The van der Waals surface area contributed by atoms with Gasteiger partial charge in [-0.15, -0.1) is 0 Å². The fourth-order valence-corrected chi connectivity index (χ4v) is 2.83. The van der Waals surface area contributed by atoms with Gasteiger partial charge < -0.3 is 10.1 Å². The summed E-state index contributed by atoms with van der Waals surface area (Å²) in [5.41, 5.74) is 0. The van der Waals surface area contributed by atoms with Crippen molar-refractivity contribution < 1.29 is 9.53 Å². The molecule has 1 N–H and O–H groups in total. The van der Waals surface area contributed by atoms with Gasteiger partial charge in [0, 0.05) is 6.54 Å². The van der Waals surface area contributed by atoms with Gasteiger partial charge in [-0.2, -0.15) is 0 Å². The molecule has 1 saturated carbocycles. The molecule has 0 amide bonds. The zero-order valence-electron chi connectivity index (χ0n) is 8.08. The van der Waals surface area contributed by atoms with Crippen molar-refractivity contribution in [1.29, 1.82) is 0 Å². The van der Waals surface area contributed by atoms with Gasteiger partial charge in [-0.1, -0.05) is 6.42 Å². The number of carbonyl (C=O) groups excluding carboxylic acids is 1. The predicted octanol–water partition coefficient (Wildman–Crippen LogP) is 0.795. The molecule has 0 aromatic rings. The molecule has 1 aliphatic heterocycles. The average molecular weight is 183 g/mol. The highest BCUT2D eigenvalue weighted by Gasteiger charge is 2.40. The van der Waals surface area contributed by atoms with Crippen molar-refractivity contribution in [2.45, 2.75) is 19.3 Å². The van der Waals surface area contributed by atoms with Gasteiger partial charge in [0.05, 0.1) is 13.0 Å². The number of methoxy groups -OCH3 is 1. The molecule has 1 saturated heterocycles. The van der Waals surface area contributed by atoms with Crippen LogP contribution in [0.3, 0.4) is 0 Å². The molecule has 2 aliphatic rings. The van der Waals surface area contributed by atoms with Crippen LogP contribution < -0.4 is 5.32 Å². The Hall–Kier alpha value is -0.570. The lowest BCUT2D eigenvalue weighted by Gasteiger charge is -2.32. The van der Waals surface area contributed by atoms with E-state index in [0.29, 0.717) is 5.92 Å². The molecule has 2 fully saturated rings. The third-order valence-corrected chi connectivity index (χ3v) is 3.51. The summed E-state index contributed by atoms with van der Waals surface area (Å²) in [4.78, 5) is 11.4. The first kappa shape index (κ1) is 9.00. The van der Waals surface area contributed by atoms with E-state index < -0.39 is 0 Å². The number of ether oxygens (including phenoxy) is 1. The highest BCUT2D eigenvalue weighted by molar-refractivity contribution is 5.73. The minimum absolute atomic E-state index is 0.0240. The molecule has 0 bridgehead atoms. The van der Waals surface area contributed by atoms with Crippen LogP contribution in [0.25, 0.3) is 0 Å². The molecular weight excluding hydrogens is 166 g/mol. The maximum absolute atomic E-state index is 11.4. The van der Waals surface area contributed by atoms with Crippen molar-refractivity contribution in [3.63, 3.8) is 0 Å². The molecule has 13 heavy (non-hydrogen) atoms. The lowest BCUT2D eigenvalue weighted by atomic mass is 9.81. The number of esters is 1. The largest absolute Gasteiger partial charge is 0.469 e. The monoisotopic (exact) mass is 183 g/mol. The Labute approximate surface area is 78.8 Å². The molecule has 3 heteroatoms. The maximum atomic E-state index is 11.4. The van der Waals surface area contributed by atoms with Crippen LogP contribution in [0.5, 0.6) is 0 Å². The van der Waals surface area contributed by atoms with Gasteiger partial charge >= 0.3 is 5.97 Å². The Morgan fingerprint density at radius 3 is 3.00 bits per heavy atom. The summed E-state index contributed by atoms with van der Waals surface area (Å²) in [5.74, 6) is 1.40. The molecule has 3 atom stereocenters. The second-order valence-electron chi connectivity index (χ2n) is 4.14. The summed E-state index contributed by atoms with van der Waals surface area (Å²) < 4.78 is 4.82. The van der Waals surface area contributed by atoms with Crippen LogP contribution in [0.15, 0.2) is 0 Å². The van der Waals surface area contributed by atoms with Gasteiger partial charge in [0.2, 0.25) is 0 Å². The molecule has 0 unspecified atom stereocenters. The topological polar surface area (TPSA) is 38.3 Å². The first-order valence-corrected chi connectivity index (χ1v) is 5.11. The third kappa shape index (κ3) is 1.57. The Morgan fingerprint density at radius 1 is 1.38 bits per heavy atom. The first-order valence-electron chi connectivity index (χ1n) is 5.11. The summed E-state index contributed by atoms with van der Waals surface area (Å²) in [7, 11) is 1.49. The van der Waals surface area contributed by atoms with Gasteiger partial charge in [0.1, 0.15) is 0 Å². The smallest absolute Gasteiger partial charge is 0.310 e. The number of carbonyl (C=O) groups is 1. The molecule has 0 aromatic carbocycles. The van der Waals surface area contributed by atoms with Gasteiger partial charge in [0.15, 0.2) is 0 Å². The van der Waals surface area contributed by atoms with E-state index in [1.54, 1.807) is 0 Å². The highest BCUT2D eigenvalue weighted by Crippen LogP contribution is 2.38. The number of rotatable bonds is 1. The summed E-state index contributed by atoms with van der Waals surface area (Å²) in [6, 6.07) is 0. The molecule has 3 nitrogen and oxygen atoms in total. The molecule has 0 spiro atoms. The van der Waals surface area contributed by atoms with Crippen molar-refractivity contribution in [2.24, 2.45) is 17.8 Å². The van der Waals surface area contributed by atoms with Crippen LogP contribution in [0.4, 0.5) is 0 Å². The minimum Gasteiger partial charge on any atom is -0.469 e. The number of hydrogen-bond donors (Lipinski definition) is 1. The SMILES string of the molecule is COC(=O)[C@H]1CNC[C@H]2CCC[C@H]21. The molecule has 1 aliphatic carbocycles. The second-order valence-corrected chi connectivity index (χ2v) is 4.14. The van der Waals surface area contributed by atoms with Gasteiger partial charge in [-0.25, -0.2) is 0 Å². The Kier molecular flexibility index (Phi) is 2.54. The molecule has 1 heterocycles. The Morgan fingerprint density at radius 2 is 2.23 bits per heavy atom. The summed E-state index contributed by atoms with van der Waals surface area (Å²) in [6.45, 7) is 1.91. The average Bonchev–Trinajstić information content (AvgIpc) is 2.63. The van der Waals surface area contributed by atoms with Crippen molar-refractivity contribution in [3.05, 3.63) is 0 Å². The maximum Gasteiger partial charge on any atom is 0.310 e. The second kappa shape index (κ2) is 3.66. The number of nitrogens with one attached hydrogen (secondary N) is 1. The van der Waals surface area contributed by atoms with E-state index in [1.165, 1.54) is 26.4 Å². The fraction of sp³-hybridized carbons (Fsp3) is 0.900. The van der Waals surface area contributed by atoms with E-state index in [9.17, 15) is 4.79 Å². The van der Waals surface area contributed by atoms with Crippen molar-refractivity contribution in [2.75, 3.05) is 20.2 Å². The van der Waals surface area contributed by atoms with Crippen molar-refractivity contribution >= 4 is 5.97 Å². The quantitative estimate of drug-likeness (QED) is 0.611. The zero-order valence-corrected chi connectivity index (χ0v) is 8.08. The Balaban J connectivity index is 2.05. The highest BCUT2D eigenvalue weighted by atomic mass is 16.5. The van der Waals surface area contributed by atoms with E-state index >= 15 is 0 Å². The summed E-state index contributed by atoms with van der Waals surface area (Å²) >= 11 is 0. The summed E-state index contributed by atoms with van der Waals surface area (Å²) in [6.07, 6.45) is 3.78. The first-order chi connectivity index (χ1) is 6.33. The molecule has 74 valence electrons. The van der Waals surface area contributed by atoms with E-state index in [-0.39, 0.29) is 11.9 Å².